The zero-order chi connectivity index (χ0) is 24.8. The molecule has 35 heavy (non-hydrogen) atoms. The summed E-state index contributed by atoms with van der Waals surface area (Å²) < 4.78 is 28.5. The van der Waals surface area contributed by atoms with Gasteiger partial charge in [0, 0.05) is 37.5 Å². The fourth-order valence-corrected chi connectivity index (χ4v) is 6.69. The van der Waals surface area contributed by atoms with E-state index in [1.165, 1.54) is 11.4 Å². The Kier molecular flexibility index (Phi) is 8.20. The number of amides is 1. The van der Waals surface area contributed by atoms with Gasteiger partial charge in [0.25, 0.3) is 0 Å². The van der Waals surface area contributed by atoms with Crippen LogP contribution in [0.15, 0.2) is 64.6 Å². The predicted molar refractivity (Wildman–Crippen MR) is 134 cm³/mol. The van der Waals surface area contributed by atoms with E-state index in [4.69, 9.17) is 4.84 Å². The number of carbonyl (C=O) groups is 1. The van der Waals surface area contributed by atoms with Gasteiger partial charge in [-0.2, -0.15) is 4.31 Å². The second-order valence-corrected chi connectivity index (χ2v) is 11.1. The molecule has 2 aromatic carbocycles. The van der Waals surface area contributed by atoms with Gasteiger partial charge in [-0.15, -0.1) is 0 Å². The van der Waals surface area contributed by atoms with Crippen LogP contribution in [0, 0.1) is 5.92 Å². The predicted octanol–water partition coefficient (Wildman–Crippen LogP) is 3.18. The molecule has 0 radical (unpaired) electrons. The third kappa shape index (κ3) is 5.91. The Morgan fingerprint density at radius 3 is 2.46 bits per heavy atom. The maximum Gasteiger partial charge on any atom is 0.243 e. The summed E-state index contributed by atoms with van der Waals surface area (Å²) in [6.45, 7) is 0.121. The van der Waals surface area contributed by atoms with Crippen molar-refractivity contribution in [3.8, 4) is 11.1 Å². The minimum Gasteiger partial charge on any atom is -0.399 e. The molecule has 3 atom stereocenters. The van der Waals surface area contributed by atoms with Crippen molar-refractivity contribution >= 4 is 21.6 Å². The van der Waals surface area contributed by atoms with Crippen molar-refractivity contribution in [3.05, 3.63) is 54.6 Å². The van der Waals surface area contributed by atoms with Crippen LogP contribution < -0.4 is 5.32 Å². The van der Waals surface area contributed by atoms with Gasteiger partial charge in [-0.05, 0) is 36.1 Å². The Labute approximate surface area is 207 Å². The van der Waals surface area contributed by atoms with Crippen LogP contribution in [0.3, 0.4) is 0 Å². The van der Waals surface area contributed by atoms with Gasteiger partial charge in [0.05, 0.1) is 17.2 Å². The van der Waals surface area contributed by atoms with E-state index in [1.54, 1.807) is 24.3 Å². The quantitative estimate of drug-likeness (QED) is 0.543. The van der Waals surface area contributed by atoms with Crippen molar-refractivity contribution in [1.82, 2.24) is 9.62 Å². The molecule has 0 bridgehead atoms. The van der Waals surface area contributed by atoms with Gasteiger partial charge in [0.15, 0.2) is 0 Å². The molecular formula is C26H33N3O5S. The van der Waals surface area contributed by atoms with Gasteiger partial charge < -0.3 is 15.3 Å². The molecule has 2 fully saturated rings. The van der Waals surface area contributed by atoms with Crippen molar-refractivity contribution in [3.63, 3.8) is 0 Å². The molecular weight excluding hydrogens is 466 g/mol. The molecule has 0 aromatic heterocycles. The Bertz CT molecular complexity index is 1140. The third-order valence-electron chi connectivity index (χ3n) is 6.92. The average molecular weight is 500 g/mol. The Balaban J connectivity index is 1.51. The number of hydrogen-bond donors (Lipinski definition) is 2. The van der Waals surface area contributed by atoms with Crippen LogP contribution in [-0.2, 0) is 19.7 Å². The number of hydrogen-bond acceptors (Lipinski definition) is 6. The second-order valence-electron chi connectivity index (χ2n) is 9.24. The molecule has 188 valence electrons. The molecule has 0 unspecified atom stereocenters. The normalized spacial score (nSPS) is 24.4. The van der Waals surface area contributed by atoms with Crippen molar-refractivity contribution in [2.75, 3.05) is 20.3 Å². The SMILES string of the molecule is CON=C1C[C@@H](CC(=O)N[C@@H]2CCCC[C@H]2CO)N(S(=O)(=O)c2ccc(-c3ccccc3)cc2)C1. The van der Waals surface area contributed by atoms with E-state index in [-0.39, 0.29) is 42.3 Å². The van der Waals surface area contributed by atoms with E-state index in [9.17, 15) is 18.3 Å². The zero-order valence-corrected chi connectivity index (χ0v) is 20.8. The fraction of sp³-hybridized carbons (Fsp3) is 0.462. The van der Waals surface area contributed by atoms with Gasteiger partial charge >= 0.3 is 0 Å². The van der Waals surface area contributed by atoms with E-state index in [0.29, 0.717) is 12.1 Å². The Morgan fingerprint density at radius 2 is 1.77 bits per heavy atom. The van der Waals surface area contributed by atoms with Crippen LogP contribution in [0.5, 0.6) is 0 Å². The van der Waals surface area contributed by atoms with E-state index in [0.717, 1.165) is 36.8 Å². The molecule has 9 heteroatoms. The maximum atomic E-state index is 13.6. The van der Waals surface area contributed by atoms with Gasteiger partial charge in [-0.25, -0.2) is 8.42 Å². The monoisotopic (exact) mass is 499 g/mol. The molecule has 1 aliphatic heterocycles. The molecule has 1 aliphatic carbocycles. The topological polar surface area (TPSA) is 108 Å². The lowest BCUT2D eigenvalue weighted by Gasteiger charge is -2.31. The summed E-state index contributed by atoms with van der Waals surface area (Å²) in [5.74, 6) is -0.163. The fourth-order valence-electron chi connectivity index (χ4n) is 5.08. The number of aliphatic hydroxyl groups excluding tert-OH is 1. The van der Waals surface area contributed by atoms with Gasteiger partial charge in [-0.3, -0.25) is 4.79 Å². The minimum absolute atomic E-state index is 0.0265. The van der Waals surface area contributed by atoms with Gasteiger partial charge in [0.1, 0.15) is 7.11 Å². The first-order chi connectivity index (χ1) is 16.9. The highest BCUT2D eigenvalue weighted by Gasteiger charge is 2.40. The molecule has 2 aromatic rings. The maximum absolute atomic E-state index is 13.6. The van der Waals surface area contributed by atoms with Crippen LogP contribution in [-0.4, -0.2) is 61.8 Å². The zero-order valence-electron chi connectivity index (χ0n) is 20.0. The molecule has 1 amide bonds. The molecule has 1 saturated carbocycles. The first-order valence-electron chi connectivity index (χ1n) is 12.1. The summed E-state index contributed by atoms with van der Waals surface area (Å²) in [6.07, 6.45) is 4.12. The summed E-state index contributed by atoms with van der Waals surface area (Å²) in [4.78, 5) is 18.0. The van der Waals surface area contributed by atoms with Crippen LogP contribution in [0.25, 0.3) is 11.1 Å². The van der Waals surface area contributed by atoms with Crippen molar-refractivity contribution in [1.29, 1.82) is 0 Å². The largest absolute Gasteiger partial charge is 0.399 e. The number of rotatable bonds is 8. The highest BCUT2D eigenvalue weighted by molar-refractivity contribution is 7.89. The first-order valence-corrected chi connectivity index (χ1v) is 13.5. The van der Waals surface area contributed by atoms with E-state index in [1.807, 2.05) is 30.3 Å². The summed E-state index contributed by atoms with van der Waals surface area (Å²) in [6, 6.07) is 15.9. The number of oxime groups is 1. The van der Waals surface area contributed by atoms with E-state index < -0.39 is 16.1 Å². The lowest BCUT2D eigenvalue weighted by molar-refractivity contribution is -0.123. The van der Waals surface area contributed by atoms with Crippen LogP contribution in [0.2, 0.25) is 0 Å². The van der Waals surface area contributed by atoms with Crippen LogP contribution in [0.1, 0.15) is 38.5 Å². The molecule has 1 saturated heterocycles. The molecule has 0 spiro atoms. The van der Waals surface area contributed by atoms with Crippen molar-refractivity contribution < 1.29 is 23.2 Å². The number of benzene rings is 2. The van der Waals surface area contributed by atoms with E-state index in [2.05, 4.69) is 10.5 Å². The second kappa shape index (κ2) is 11.3. The number of sulfonamides is 1. The summed E-state index contributed by atoms with van der Waals surface area (Å²) in [7, 11) is -2.43. The first kappa shape index (κ1) is 25.3. The van der Waals surface area contributed by atoms with Crippen molar-refractivity contribution in [2.24, 2.45) is 11.1 Å². The summed E-state index contributed by atoms with van der Waals surface area (Å²) in [5.41, 5.74) is 2.51. The number of nitrogens with zero attached hydrogens (tertiary/aromatic N) is 2. The Hall–Kier alpha value is -2.75. The molecule has 2 aliphatic rings. The lowest BCUT2D eigenvalue weighted by atomic mass is 9.85. The summed E-state index contributed by atoms with van der Waals surface area (Å²) in [5, 5.41) is 16.7. The number of aliphatic hydroxyl groups is 1. The van der Waals surface area contributed by atoms with Crippen LogP contribution in [0.4, 0.5) is 0 Å². The standard InChI is InChI=1S/C26H33N3O5S/c1-34-28-22-15-23(16-26(31)27-25-10-6-5-9-21(25)18-30)29(17-22)35(32,33)24-13-11-20(12-14-24)19-7-3-2-4-8-19/h2-4,7-8,11-14,21,23,25,30H,5-6,9-10,15-18H2,1H3,(H,27,31)/t21-,23-,25+/m0/s1. The average Bonchev–Trinajstić information content (AvgIpc) is 3.28. The molecule has 1 heterocycles. The number of nitrogens with one attached hydrogen (secondary N) is 1. The Morgan fingerprint density at radius 1 is 1.09 bits per heavy atom. The smallest absolute Gasteiger partial charge is 0.243 e. The van der Waals surface area contributed by atoms with Gasteiger partial charge in [0.2, 0.25) is 15.9 Å². The molecule has 2 N–H and O–H groups in total. The number of carbonyl (C=O) groups excluding carboxylic acids is 1. The van der Waals surface area contributed by atoms with E-state index >= 15 is 0 Å². The third-order valence-corrected chi connectivity index (χ3v) is 8.83. The lowest BCUT2D eigenvalue weighted by Crippen LogP contribution is -2.46. The summed E-state index contributed by atoms with van der Waals surface area (Å²) >= 11 is 0. The minimum atomic E-state index is -3.86. The van der Waals surface area contributed by atoms with Crippen molar-refractivity contribution in [2.45, 2.75) is 55.5 Å². The molecule has 4 rings (SSSR count). The molecule has 8 nitrogen and oxygen atoms in total. The highest BCUT2D eigenvalue weighted by atomic mass is 32.2. The highest BCUT2D eigenvalue weighted by Crippen LogP contribution is 2.29. The van der Waals surface area contributed by atoms with Crippen LogP contribution >= 0.6 is 0 Å². The van der Waals surface area contributed by atoms with Gasteiger partial charge in [-0.1, -0.05) is 60.5 Å².